The van der Waals surface area contributed by atoms with Crippen LogP contribution >= 0.6 is 24.0 Å². The minimum absolute atomic E-state index is 0. The molecule has 2 N–H and O–H groups in total. The average molecular weight is 448 g/mol. The summed E-state index contributed by atoms with van der Waals surface area (Å²) in [5.74, 6) is 3.75. The van der Waals surface area contributed by atoms with Crippen LogP contribution in [0, 0.1) is 5.92 Å². The third-order valence-electron chi connectivity index (χ3n) is 4.38. The minimum atomic E-state index is 0. The van der Waals surface area contributed by atoms with Crippen molar-refractivity contribution >= 4 is 29.9 Å². The van der Waals surface area contributed by atoms with Gasteiger partial charge in [0, 0.05) is 26.1 Å². The number of guanidine groups is 1. The molecule has 0 amide bonds. The Bertz CT molecular complexity index is 511. The third kappa shape index (κ3) is 6.57. The van der Waals surface area contributed by atoms with Crippen molar-refractivity contribution in [2.75, 3.05) is 7.05 Å². The van der Waals surface area contributed by atoms with E-state index in [4.69, 9.17) is 0 Å². The second-order valence-electron chi connectivity index (χ2n) is 6.94. The van der Waals surface area contributed by atoms with E-state index >= 15 is 0 Å². The lowest BCUT2D eigenvalue weighted by molar-refractivity contribution is 0.488. The summed E-state index contributed by atoms with van der Waals surface area (Å²) in [6.45, 7) is 8.48. The number of aliphatic imine (C=N–C) groups is 1. The Morgan fingerprint density at radius 2 is 2.00 bits per heavy atom. The lowest BCUT2D eigenvalue weighted by Gasteiger charge is -2.19. The molecule has 2 heterocycles. The van der Waals surface area contributed by atoms with E-state index in [1.807, 2.05) is 7.05 Å². The molecular weight excluding hydrogens is 415 g/mol. The maximum Gasteiger partial charge on any atom is 0.191 e. The van der Waals surface area contributed by atoms with Gasteiger partial charge in [-0.25, -0.2) is 0 Å². The first-order valence-corrected chi connectivity index (χ1v) is 8.98. The number of nitrogens with zero attached hydrogens (tertiary/aromatic N) is 4. The van der Waals surface area contributed by atoms with Gasteiger partial charge in [0.1, 0.15) is 5.82 Å². The van der Waals surface area contributed by atoms with Gasteiger partial charge in [-0.3, -0.25) is 4.99 Å². The molecule has 1 unspecified atom stereocenters. The van der Waals surface area contributed by atoms with Crippen molar-refractivity contribution in [3.8, 4) is 0 Å². The first-order chi connectivity index (χ1) is 11.1. The Hall–Kier alpha value is -0.860. The van der Waals surface area contributed by atoms with Gasteiger partial charge in [-0.15, -0.1) is 34.2 Å². The molecule has 0 fully saturated rings. The summed E-state index contributed by atoms with van der Waals surface area (Å²) in [6.07, 6.45) is 7.19. The first-order valence-electron chi connectivity index (χ1n) is 8.98. The van der Waals surface area contributed by atoms with Crippen molar-refractivity contribution in [1.29, 1.82) is 0 Å². The van der Waals surface area contributed by atoms with Crippen LogP contribution in [0.1, 0.15) is 64.5 Å². The maximum atomic E-state index is 4.32. The van der Waals surface area contributed by atoms with Crippen molar-refractivity contribution in [3.63, 3.8) is 0 Å². The van der Waals surface area contributed by atoms with Gasteiger partial charge >= 0.3 is 0 Å². The number of rotatable bonds is 7. The lowest BCUT2D eigenvalue weighted by atomic mass is 10.0. The van der Waals surface area contributed by atoms with Crippen LogP contribution < -0.4 is 10.6 Å². The second kappa shape index (κ2) is 10.9. The summed E-state index contributed by atoms with van der Waals surface area (Å²) in [7, 11) is 1.81. The van der Waals surface area contributed by atoms with Gasteiger partial charge < -0.3 is 15.2 Å². The molecule has 138 valence electrons. The van der Waals surface area contributed by atoms with E-state index in [1.54, 1.807) is 0 Å². The molecule has 0 bridgehead atoms. The van der Waals surface area contributed by atoms with E-state index in [0.717, 1.165) is 36.5 Å². The van der Waals surface area contributed by atoms with Crippen molar-refractivity contribution < 1.29 is 0 Å². The topological polar surface area (TPSA) is 67.1 Å². The van der Waals surface area contributed by atoms with Gasteiger partial charge in [0.15, 0.2) is 11.8 Å². The molecule has 1 aromatic heterocycles. The summed E-state index contributed by atoms with van der Waals surface area (Å²) in [5, 5.41) is 15.4. The van der Waals surface area contributed by atoms with E-state index in [1.165, 1.54) is 32.1 Å². The molecule has 1 aromatic rings. The summed E-state index contributed by atoms with van der Waals surface area (Å²) < 4.78 is 2.25. The highest BCUT2D eigenvalue weighted by atomic mass is 127. The first kappa shape index (κ1) is 21.2. The van der Waals surface area contributed by atoms with Crippen molar-refractivity contribution in [3.05, 3.63) is 11.6 Å². The van der Waals surface area contributed by atoms with Crippen LogP contribution in [0.15, 0.2) is 4.99 Å². The molecule has 2 rings (SSSR count). The molecule has 0 aliphatic carbocycles. The fourth-order valence-corrected chi connectivity index (χ4v) is 2.99. The summed E-state index contributed by atoms with van der Waals surface area (Å²) in [6, 6.07) is 0.423. The minimum Gasteiger partial charge on any atom is -0.354 e. The van der Waals surface area contributed by atoms with Crippen LogP contribution in [-0.2, 0) is 19.5 Å². The maximum absolute atomic E-state index is 4.32. The summed E-state index contributed by atoms with van der Waals surface area (Å²) in [5.41, 5.74) is 0. The molecule has 1 atom stereocenters. The monoisotopic (exact) mass is 448 g/mol. The third-order valence-corrected chi connectivity index (χ3v) is 4.38. The van der Waals surface area contributed by atoms with E-state index in [9.17, 15) is 0 Å². The Labute approximate surface area is 163 Å². The van der Waals surface area contributed by atoms with Gasteiger partial charge in [0.25, 0.3) is 0 Å². The van der Waals surface area contributed by atoms with Gasteiger partial charge in [0.2, 0.25) is 0 Å². The van der Waals surface area contributed by atoms with Gasteiger partial charge in [0.05, 0.1) is 6.54 Å². The Balaban J connectivity index is 0.00000288. The van der Waals surface area contributed by atoms with E-state index in [-0.39, 0.29) is 24.0 Å². The van der Waals surface area contributed by atoms with E-state index in [2.05, 4.69) is 51.2 Å². The molecule has 24 heavy (non-hydrogen) atoms. The molecular formula is C17H33IN6. The predicted molar refractivity (Wildman–Crippen MR) is 110 cm³/mol. The zero-order chi connectivity index (χ0) is 16.7. The average Bonchev–Trinajstić information content (AvgIpc) is 2.94. The van der Waals surface area contributed by atoms with Crippen molar-refractivity contribution in [1.82, 2.24) is 25.4 Å². The van der Waals surface area contributed by atoms with Gasteiger partial charge in [-0.05, 0) is 32.1 Å². The highest BCUT2D eigenvalue weighted by molar-refractivity contribution is 14.0. The van der Waals surface area contributed by atoms with E-state index in [0.29, 0.717) is 12.6 Å². The number of aromatic nitrogens is 3. The normalized spacial score (nSPS) is 15.6. The SMILES string of the molecule is CN=C(NCc1nnc2n1CCCC2)NC(C)CCCC(C)C.I. The number of hydrogen-bond acceptors (Lipinski definition) is 3. The Morgan fingerprint density at radius 3 is 2.71 bits per heavy atom. The Morgan fingerprint density at radius 1 is 1.21 bits per heavy atom. The van der Waals surface area contributed by atoms with Crippen LogP contribution in [0.2, 0.25) is 0 Å². The molecule has 6 nitrogen and oxygen atoms in total. The molecule has 0 saturated carbocycles. The number of fused-ring (bicyclic) bond motifs is 1. The summed E-state index contributed by atoms with van der Waals surface area (Å²) >= 11 is 0. The zero-order valence-electron chi connectivity index (χ0n) is 15.5. The van der Waals surface area contributed by atoms with Crippen LogP contribution in [0.3, 0.4) is 0 Å². The fourth-order valence-electron chi connectivity index (χ4n) is 2.99. The van der Waals surface area contributed by atoms with E-state index < -0.39 is 0 Å². The van der Waals surface area contributed by atoms with Crippen LogP contribution in [0.4, 0.5) is 0 Å². The summed E-state index contributed by atoms with van der Waals surface area (Å²) in [4.78, 5) is 4.32. The largest absolute Gasteiger partial charge is 0.354 e. The standard InChI is InChI=1S/C17H32N6.HI/c1-13(2)8-7-9-14(3)20-17(18-4)19-12-16-22-21-15-10-5-6-11-23(15)16;/h13-14H,5-12H2,1-4H3,(H2,18,19,20);1H. The quantitative estimate of drug-likeness (QED) is 0.382. The van der Waals surface area contributed by atoms with Crippen molar-refractivity contribution in [2.45, 2.75) is 78.4 Å². The van der Waals surface area contributed by atoms with Crippen LogP contribution in [0.25, 0.3) is 0 Å². The Kier molecular flexibility index (Phi) is 9.61. The smallest absolute Gasteiger partial charge is 0.191 e. The zero-order valence-corrected chi connectivity index (χ0v) is 17.8. The molecule has 0 radical (unpaired) electrons. The highest BCUT2D eigenvalue weighted by Gasteiger charge is 2.15. The molecule has 7 heteroatoms. The molecule has 0 saturated heterocycles. The van der Waals surface area contributed by atoms with Gasteiger partial charge in [-0.2, -0.15) is 0 Å². The number of aryl methyl sites for hydroxylation is 1. The van der Waals surface area contributed by atoms with Gasteiger partial charge in [-0.1, -0.05) is 26.7 Å². The number of halogens is 1. The van der Waals surface area contributed by atoms with Crippen molar-refractivity contribution in [2.24, 2.45) is 10.9 Å². The predicted octanol–water partition coefficient (Wildman–Crippen LogP) is 3.11. The molecule has 0 aromatic carbocycles. The molecule has 0 spiro atoms. The van der Waals surface area contributed by atoms with Crippen LogP contribution in [0.5, 0.6) is 0 Å². The highest BCUT2D eigenvalue weighted by Crippen LogP contribution is 2.14. The number of hydrogen-bond donors (Lipinski definition) is 2. The number of nitrogens with one attached hydrogen (secondary N) is 2. The molecule has 1 aliphatic rings. The van der Waals surface area contributed by atoms with Crippen LogP contribution in [-0.4, -0.2) is 33.8 Å². The lowest BCUT2D eigenvalue weighted by Crippen LogP contribution is -2.42. The second-order valence-corrected chi connectivity index (χ2v) is 6.94. The molecule has 1 aliphatic heterocycles. The fraction of sp³-hybridized carbons (Fsp3) is 0.824.